The number of nitrogens with two attached hydrogens (primary N) is 1. The highest BCUT2D eigenvalue weighted by Crippen LogP contribution is 2.38. The number of thioether (sulfide) groups is 1. The number of aromatic nitrogens is 2. The lowest BCUT2D eigenvalue weighted by atomic mass is 9.97. The van der Waals surface area contributed by atoms with Gasteiger partial charge in [-0.3, -0.25) is 4.79 Å². The van der Waals surface area contributed by atoms with Crippen molar-refractivity contribution in [1.29, 1.82) is 0 Å². The number of carbonyl (C=O) groups is 2. The molecular weight excluding hydrogens is 464 g/mol. The highest BCUT2D eigenvalue weighted by atomic mass is 32.2. The molecule has 0 aromatic carbocycles. The molecule has 0 aliphatic heterocycles. The van der Waals surface area contributed by atoms with E-state index in [1.165, 1.54) is 46.4 Å². The third-order valence-corrected chi connectivity index (χ3v) is 8.66. The van der Waals surface area contributed by atoms with Crippen molar-refractivity contribution in [3.63, 3.8) is 0 Å². The predicted octanol–water partition coefficient (Wildman–Crippen LogP) is 5.13. The van der Waals surface area contributed by atoms with Crippen molar-refractivity contribution in [2.75, 3.05) is 23.4 Å². The molecule has 3 aromatic heterocycles. The second-order valence-corrected chi connectivity index (χ2v) is 11.0. The van der Waals surface area contributed by atoms with Gasteiger partial charge in [-0.25, -0.2) is 14.8 Å². The summed E-state index contributed by atoms with van der Waals surface area (Å²) in [5.74, 6) is 0.477. The van der Waals surface area contributed by atoms with Gasteiger partial charge in [-0.2, -0.15) is 0 Å². The Bertz CT molecular complexity index is 1190. The maximum atomic E-state index is 12.5. The Morgan fingerprint density at radius 3 is 2.75 bits per heavy atom. The number of anilines is 2. The number of carbonyl (C=O) groups excluding carboxylic acids is 2. The second-order valence-electron chi connectivity index (χ2n) is 7.64. The average molecular weight is 491 g/mol. The molecule has 1 aliphatic carbocycles. The molecule has 0 bridgehead atoms. The van der Waals surface area contributed by atoms with E-state index in [-0.39, 0.29) is 18.9 Å². The second kappa shape index (κ2) is 9.76. The number of rotatable bonds is 7. The van der Waals surface area contributed by atoms with E-state index < -0.39 is 5.97 Å². The molecule has 7 nitrogen and oxygen atoms in total. The number of hydrogen-bond donors (Lipinski definition) is 2. The Balaban J connectivity index is 1.40. The zero-order valence-corrected chi connectivity index (χ0v) is 20.8. The van der Waals surface area contributed by atoms with Crippen LogP contribution in [0.1, 0.15) is 57.4 Å². The van der Waals surface area contributed by atoms with E-state index in [9.17, 15) is 9.59 Å². The van der Waals surface area contributed by atoms with Gasteiger partial charge in [0.25, 0.3) is 0 Å². The van der Waals surface area contributed by atoms with Crippen molar-refractivity contribution in [3.05, 3.63) is 26.4 Å². The van der Waals surface area contributed by atoms with Crippen LogP contribution in [0, 0.1) is 13.8 Å². The predicted molar refractivity (Wildman–Crippen MR) is 132 cm³/mol. The summed E-state index contributed by atoms with van der Waals surface area (Å²) in [4.78, 5) is 37.3. The zero-order chi connectivity index (χ0) is 22.8. The van der Waals surface area contributed by atoms with Crippen LogP contribution in [-0.4, -0.2) is 34.2 Å². The third kappa shape index (κ3) is 4.62. The lowest BCUT2D eigenvalue weighted by Crippen LogP contribution is -2.15. The first-order valence-electron chi connectivity index (χ1n) is 10.7. The first kappa shape index (κ1) is 23.0. The highest BCUT2D eigenvalue weighted by molar-refractivity contribution is 7.99. The minimum absolute atomic E-state index is 0.162. The Hall–Kier alpha value is -2.17. The molecule has 0 radical (unpaired) electrons. The monoisotopic (exact) mass is 490 g/mol. The number of nitrogen functional groups attached to an aromatic ring is 1. The molecule has 3 aromatic rings. The number of thiophene rings is 2. The van der Waals surface area contributed by atoms with Crippen LogP contribution in [0.4, 0.5) is 10.8 Å². The summed E-state index contributed by atoms with van der Waals surface area (Å²) in [6.45, 7) is 5.84. The highest BCUT2D eigenvalue weighted by Gasteiger charge is 2.23. The molecule has 0 spiro atoms. The SMILES string of the molecule is CCOC(=O)c1c(NC(=O)CCSc2nc(N)c3c4c(sc3n2)CCCC4)sc(C)c1C. The van der Waals surface area contributed by atoms with Crippen LogP contribution in [0.3, 0.4) is 0 Å². The normalized spacial score (nSPS) is 13.2. The van der Waals surface area contributed by atoms with E-state index in [4.69, 9.17) is 15.5 Å². The third-order valence-electron chi connectivity index (χ3n) is 5.50. The van der Waals surface area contributed by atoms with Crippen LogP contribution >= 0.6 is 34.4 Å². The lowest BCUT2D eigenvalue weighted by molar-refractivity contribution is -0.115. The number of hydrogen-bond acceptors (Lipinski definition) is 9. The van der Waals surface area contributed by atoms with E-state index in [0.29, 0.717) is 27.3 Å². The molecule has 0 saturated heterocycles. The van der Waals surface area contributed by atoms with Gasteiger partial charge in [-0.05, 0) is 57.6 Å². The molecule has 10 heteroatoms. The topological polar surface area (TPSA) is 107 Å². The number of nitrogens with one attached hydrogen (secondary N) is 1. The summed E-state index contributed by atoms with van der Waals surface area (Å²) in [6, 6.07) is 0. The number of nitrogens with zero attached hydrogens (tertiary/aromatic N) is 2. The van der Waals surface area contributed by atoms with Gasteiger partial charge in [-0.15, -0.1) is 22.7 Å². The van der Waals surface area contributed by atoms with Gasteiger partial charge in [0.15, 0.2) is 5.16 Å². The summed E-state index contributed by atoms with van der Waals surface area (Å²) in [6.07, 6.45) is 4.81. The molecular formula is C22H26N4O3S3. The van der Waals surface area contributed by atoms with Crippen molar-refractivity contribution in [1.82, 2.24) is 9.97 Å². The van der Waals surface area contributed by atoms with Crippen LogP contribution in [0.25, 0.3) is 10.2 Å². The van der Waals surface area contributed by atoms with Crippen molar-refractivity contribution < 1.29 is 14.3 Å². The van der Waals surface area contributed by atoms with Crippen LogP contribution < -0.4 is 11.1 Å². The summed E-state index contributed by atoms with van der Waals surface area (Å²) in [7, 11) is 0. The Morgan fingerprint density at radius 2 is 1.97 bits per heavy atom. The van der Waals surface area contributed by atoms with Crippen molar-refractivity contribution in [2.24, 2.45) is 0 Å². The zero-order valence-electron chi connectivity index (χ0n) is 18.4. The van der Waals surface area contributed by atoms with Gasteiger partial charge in [0.2, 0.25) is 5.91 Å². The van der Waals surface area contributed by atoms with Crippen LogP contribution in [-0.2, 0) is 22.4 Å². The molecule has 1 amide bonds. The first-order valence-corrected chi connectivity index (χ1v) is 13.3. The fourth-order valence-corrected chi connectivity index (χ4v) is 7.00. The fraction of sp³-hybridized carbons (Fsp3) is 0.455. The molecule has 3 N–H and O–H groups in total. The number of ether oxygens (including phenoxy) is 1. The van der Waals surface area contributed by atoms with Gasteiger partial charge in [-0.1, -0.05) is 11.8 Å². The molecule has 1 aliphatic rings. The molecule has 32 heavy (non-hydrogen) atoms. The number of fused-ring (bicyclic) bond motifs is 3. The molecule has 3 heterocycles. The molecule has 0 fully saturated rings. The fourth-order valence-electron chi connectivity index (χ4n) is 3.82. The minimum atomic E-state index is -0.408. The summed E-state index contributed by atoms with van der Waals surface area (Å²) in [5.41, 5.74) is 8.87. The van der Waals surface area contributed by atoms with E-state index in [0.717, 1.165) is 33.5 Å². The van der Waals surface area contributed by atoms with Gasteiger partial charge < -0.3 is 15.8 Å². The van der Waals surface area contributed by atoms with Crippen molar-refractivity contribution >= 4 is 67.3 Å². The van der Waals surface area contributed by atoms with Gasteiger partial charge in [0, 0.05) is 21.9 Å². The average Bonchev–Trinajstić information content (AvgIpc) is 3.25. The standard InChI is InChI=1S/C22H26N4O3S3/c1-4-29-21(28)16-11(2)12(3)31-19(16)24-15(27)9-10-30-22-25-18(23)17-13-7-5-6-8-14(13)32-20(17)26-22/h4-10H2,1-3H3,(H,24,27)(H2,23,25,26). The van der Waals surface area contributed by atoms with E-state index >= 15 is 0 Å². The van der Waals surface area contributed by atoms with Gasteiger partial charge in [0.1, 0.15) is 15.6 Å². The smallest absolute Gasteiger partial charge is 0.341 e. The van der Waals surface area contributed by atoms with Crippen molar-refractivity contribution in [3.8, 4) is 0 Å². The molecule has 170 valence electrons. The number of esters is 1. The van der Waals surface area contributed by atoms with Crippen molar-refractivity contribution in [2.45, 2.75) is 58.0 Å². The lowest BCUT2D eigenvalue weighted by Gasteiger charge is -2.10. The van der Waals surface area contributed by atoms with E-state index in [1.807, 2.05) is 13.8 Å². The Morgan fingerprint density at radius 1 is 1.19 bits per heavy atom. The summed E-state index contributed by atoms with van der Waals surface area (Å²) < 4.78 is 5.14. The molecule has 0 saturated carbocycles. The maximum Gasteiger partial charge on any atom is 0.341 e. The Kier molecular flexibility index (Phi) is 7.02. The van der Waals surface area contributed by atoms with Gasteiger partial charge >= 0.3 is 5.97 Å². The van der Waals surface area contributed by atoms with E-state index in [1.54, 1.807) is 18.3 Å². The van der Waals surface area contributed by atoms with E-state index in [2.05, 4.69) is 10.3 Å². The quantitative estimate of drug-likeness (QED) is 0.269. The largest absolute Gasteiger partial charge is 0.462 e. The molecule has 0 atom stereocenters. The van der Waals surface area contributed by atoms with Gasteiger partial charge in [0.05, 0.1) is 17.6 Å². The maximum absolute atomic E-state index is 12.5. The minimum Gasteiger partial charge on any atom is -0.462 e. The summed E-state index contributed by atoms with van der Waals surface area (Å²) >= 11 is 4.52. The molecule has 0 unspecified atom stereocenters. The number of amides is 1. The Labute approximate surface area is 199 Å². The molecule has 4 rings (SSSR count). The first-order chi connectivity index (χ1) is 15.4. The van der Waals surface area contributed by atoms with Crippen LogP contribution in [0.2, 0.25) is 0 Å². The van der Waals surface area contributed by atoms with Crippen LogP contribution in [0.5, 0.6) is 0 Å². The number of aryl methyl sites for hydroxylation is 3. The van der Waals surface area contributed by atoms with Crippen LogP contribution in [0.15, 0.2) is 5.16 Å². The summed E-state index contributed by atoms with van der Waals surface area (Å²) in [5, 5.41) is 5.02.